The minimum atomic E-state index is -3.93. The van der Waals surface area contributed by atoms with Gasteiger partial charge >= 0.3 is 0 Å². The number of para-hydroxylation sites is 1. The van der Waals surface area contributed by atoms with Crippen molar-refractivity contribution in [3.05, 3.63) is 66.2 Å². The van der Waals surface area contributed by atoms with Crippen LogP contribution in [0.4, 0.5) is 11.4 Å². The first kappa shape index (κ1) is 21.8. The van der Waals surface area contributed by atoms with Crippen LogP contribution in [0.15, 0.2) is 65.6 Å². The molecule has 0 aliphatic carbocycles. The smallest absolute Gasteiger partial charge is 0.241 e. The van der Waals surface area contributed by atoms with Gasteiger partial charge < -0.3 is 5.32 Å². The molecule has 0 spiro atoms. The van der Waals surface area contributed by atoms with E-state index in [9.17, 15) is 21.6 Å². The van der Waals surface area contributed by atoms with Crippen molar-refractivity contribution in [1.82, 2.24) is 4.72 Å². The molecule has 3 aromatic carbocycles. The van der Waals surface area contributed by atoms with Crippen molar-refractivity contribution in [2.24, 2.45) is 0 Å². The van der Waals surface area contributed by atoms with Crippen molar-refractivity contribution >= 4 is 48.1 Å². The normalized spacial score (nSPS) is 11.9. The predicted molar refractivity (Wildman–Crippen MR) is 117 cm³/mol. The van der Waals surface area contributed by atoms with Gasteiger partial charge in [0.2, 0.25) is 26.0 Å². The van der Waals surface area contributed by atoms with Crippen molar-refractivity contribution in [2.45, 2.75) is 18.4 Å². The van der Waals surface area contributed by atoms with E-state index in [0.717, 1.165) is 6.26 Å². The van der Waals surface area contributed by atoms with Gasteiger partial charge in [-0.25, -0.2) is 21.6 Å². The molecule has 0 aliphatic rings. The second-order valence-electron chi connectivity index (χ2n) is 6.69. The molecule has 0 unspecified atom stereocenters. The van der Waals surface area contributed by atoms with Gasteiger partial charge in [-0.3, -0.25) is 9.52 Å². The lowest BCUT2D eigenvalue weighted by atomic mass is 10.1. The van der Waals surface area contributed by atoms with Gasteiger partial charge in [0.25, 0.3) is 0 Å². The highest BCUT2D eigenvalue weighted by Gasteiger charge is 2.19. The van der Waals surface area contributed by atoms with E-state index >= 15 is 0 Å². The molecule has 8 nitrogen and oxygen atoms in total. The van der Waals surface area contributed by atoms with Crippen LogP contribution in [0.2, 0.25) is 0 Å². The summed E-state index contributed by atoms with van der Waals surface area (Å²) in [5.41, 5.74) is 1.29. The maximum absolute atomic E-state index is 13.0. The number of fused-ring (bicyclic) bond motifs is 1. The lowest BCUT2D eigenvalue weighted by Crippen LogP contribution is -2.24. The third kappa shape index (κ3) is 5.15. The largest absolute Gasteiger partial charge is 0.326 e. The van der Waals surface area contributed by atoms with Crippen molar-refractivity contribution < 1.29 is 21.6 Å². The molecule has 1 amide bonds. The molecule has 0 bridgehead atoms. The number of amides is 1. The fourth-order valence-corrected chi connectivity index (χ4v) is 4.86. The second kappa shape index (κ2) is 8.42. The Bertz CT molecular complexity index is 1320. The summed E-state index contributed by atoms with van der Waals surface area (Å²) in [6, 6.07) is 16.4. The molecule has 3 N–H and O–H groups in total. The molecule has 0 heterocycles. The Morgan fingerprint density at radius 3 is 2.17 bits per heavy atom. The molecule has 0 radical (unpaired) electrons. The lowest BCUT2D eigenvalue weighted by molar-refractivity contribution is -0.114. The van der Waals surface area contributed by atoms with Crippen LogP contribution in [0.25, 0.3) is 10.8 Å². The summed E-state index contributed by atoms with van der Waals surface area (Å²) in [7, 11) is -7.44. The van der Waals surface area contributed by atoms with E-state index in [0.29, 0.717) is 27.7 Å². The Morgan fingerprint density at radius 2 is 1.47 bits per heavy atom. The fourth-order valence-electron chi connectivity index (χ4n) is 3.04. The van der Waals surface area contributed by atoms with E-state index in [2.05, 4.69) is 14.8 Å². The van der Waals surface area contributed by atoms with Gasteiger partial charge in [-0.1, -0.05) is 42.5 Å². The van der Waals surface area contributed by atoms with Crippen molar-refractivity contribution in [2.75, 3.05) is 16.3 Å². The number of rotatable bonds is 7. The first-order chi connectivity index (χ1) is 14.1. The highest BCUT2D eigenvalue weighted by Crippen LogP contribution is 2.29. The summed E-state index contributed by atoms with van der Waals surface area (Å²) in [6.45, 7) is 1.27. The monoisotopic (exact) mass is 447 g/mol. The van der Waals surface area contributed by atoms with E-state index in [1.54, 1.807) is 54.6 Å². The van der Waals surface area contributed by atoms with Gasteiger partial charge in [0.15, 0.2) is 0 Å². The van der Waals surface area contributed by atoms with Gasteiger partial charge in [0, 0.05) is 29.9 Å². The SMILES string of the molecule is CC(=O)Nc1cccc2c(S(=O)(=O)NCc3ccccc3NS(C)(=O)=O)cccc12. The molecule has 3 rings (SSSR count). The van der Waals surface area contributed by atoms with E-state index < -0.39 is 20.0 Å². The average Bonchev–Trinajstić information content (AvgIpc) is 2.65. The third-order valence-electron chi connectivity index (χ3n) is 4.25. The zero-order chi connectivity index (χ0) is 21.9. The molecule has 0 fully saturated rings. The van der Waals surface area contributed by atoms with Gasteiger partial charge in [-0.05, 0) is 23.8 Å². The average molecular weight is 448 g/mol. The number of anilines is 2. The zero-order valence-electron chi connectivity index (χ0n) is 16.3. The molecule has 10 heteroatoms. The number of nitrogens with one attached hydrogen (secondary N) is 3. The molecule has 158 valence electrons. The van der Waals surface area contributed by atoms with Crippen LogP contribution in [-0.4, -0.2) is 29.0 Å². The summed E-state index contributed by atoms with van der Waals surface area (Å²) in [5, 5.41) is 3.74. The summed E-state index contributed by atoms with van der Waals surface area (Å²) in [6.07, 6.45) is 1.02. The number of benzene rings is 3. The molecular formula is C20H21N3O5S2. The Balaban J connectivity index is 1.94. The van der Waals surface area contributed by atoms with Crippen molar-refractivity contribution in [3.8, 4) is 0 Å². The van der Waals surface area contributed by atoms with Gasteiger partial charge in [-0.2, -0.15) is 0 Å². The Morgan fingerprint density at radius 1 is 0.833 bits per heavy atom. The van der Waals surface area contributed by atoms with E-state index in [-0.39, 0.29) is 17.3 Å². The molecule has 0 atom stereocenters. The number of hydrogen-bond acceptors (Lipinski definition) is 5. The van der Waals surface area contributed by atoms with Crippen LogP contribution in [0.5, 0.6) is 0 Å². The van der Waals surface area contributed by atoms with Crippen LogP contribution in [0.3, 0.4) is 0 Å². The Kier molecular flexibility index (Phi) is 6.11. The molecule has 30 heavy (non-hydrogen) atoms. The van der Waals surface area contributed by atoms with Crippen LogP contribution in [0, 0.1) is 0 Å². The molecule has 0 saturated heterocycles. The van der Waals surface area contributed by atoms with E-state index in [4.69, 9.17) is 0 Å². The van der Waals surface area contributed by atoms with Crippen molar-refractivity contribution in [3.63, 3.8) is 0 Å². The molecule has 0 saturated carbocycles. The third-order valence-corrected chi connectivity index (χ3v) is 6.30. The van der Waals surface area contributed by atoms with Gasteiger partial charge in [-0.15, -0.1) is 0 Å². The van der Waals surface area contributed by atoms with Crippen molar-refractivity contribution in [1.29, 1.82) is 0 Å². The van der Waals surface area contributed by atoms with Gasteiger partial charge in [0.1, 0.15) is 0 Å². The number of carbonyl (C=O) groups is 1. The summed E-state index contributed by atoms with van der Waals surface area (Å²) >= 11 is 0. The number of sulfonamides is 2. The number of carbonyl (C=O) groups excluding carboxylic acids is 1. The fraction of sp³-hybridized carbons (Fsp3) is 0.150. The zero-order valence-corrected chi connectivity index (χ0v) is 18.0. The second-order valence-corrected chi connectivity index (χ2v) is 10.2. The van der Waals surface area contributed by atoms with E-state index in [1.165, 1.54) is 13.0 Å². The minimum Gasteiger partial charge on any atom is -0.326 e. The Labute approximate surface area is 175 Å². The molecule has 0 aromatic heterocycles. The quantitative estimate of drug-likeness (QED) is 0.514. The van der Waals surface area contributed by atoms with Gasteiger partial charge in [0.05, 0.1) is 16.8 Å². The highest BCUT2D eigenvalue weighted by molar-refractivity contribution is 7.92. The first-order valence-corrected chi connectivity index (χ1v) is 12.3. The summed E-state index contributed by atoms with van der Waals surface area (Å²) in [5.74, 6) is -0.260. The minimum absolute atomic E-state index is 0.0563. The van der Waals surface area contributed by atoms with Crippen LogP contribution >= 0.6 is 0 Å². The van der Waals surface area contributed by atoms with Crippen LogP contribution < -0.4 is 14.8 Å². The summed E-state index contributed by atoms with van der Waals surface area (Å²) in [4.78, 5) is 11.5. The summed E-state index contributed by atoms with van der Waals surface area (Å²) < 4.78 is 54.0. The predicted octanol–water partition coefficient (Wildman–Crippen LogP) is 2.65. The standard InChI is InChI=1S/C20H21N3O5S2/c1-14(24)22-19-11-5-9-17-16(19)8-6-12-20(17)30(27,28)21-13-15-7-3-4-10-18(15)23-29(2,25)26/h3-12,21,23H,13H2,1-2H3,(H,22,24). The highest BCUT2D eigenvalue weighted by atomic mass is 32.2. The molecule has 0 aliphatic heterocycles. The topological polar surface area (TPSA) is 121 Å². The first-order valence-electron chi connectivity index (χ1n) is 8.91. The van der Waals surface area contributed by atoms with E-state index in [1.807, 2.05) is 0 Å². The van der Waals surface area contributed by atoms with Crippen LogP contribution in [0.1, 0.15) is 12.5 Å². The maximum Gasteiger partial charge on any atom is 0.241 e. The van der Waals surface area contributed by atoms with Crippen LogP contribution in [-0.2, 0) is 31.4 Å². The Hall–Kier alpha value is -2.95. The molecule has 3 aromatic rings. The lowest BCUT2D eigenvalue weighted by Gasteiger charge is -2.14. The maximum atomic E-state index is 13.0. The number of hydrogen-bond donors (Lipinski definition) is 3. The molecular weight excluding hydrogens is 426 g/mol.